The summed E-state index contributed by atoms with van der Waals surface area (Å²) in [6, 6.07) is 6.55. The summed E-state index contributed by atoms with van der Waals surface area (Å²) in [6.45, 7) is 6.80. The second-order valence-corrected chi connectivity index (χ2v) is 7.48. The van der Waals surface area contributed by atoms with Crippen LogP contribution in [0, 0.1) is 17.2 Å². The first-order valence-corrected chi connectivity index (χ1v) is 8.17. The first kappa shape index (κ1) is 18.2. The number of piperidine rings is 1. The van der Waals surface area contributed by atoms with Crippen LogP contribution in [0.2, 0.25) is 0 Å². The van der Waals surface area contributed by atoms with Crippen LogP contribution in [0.1, 0.15) is 38.7 Å². The van der Waals surface area contributed by atoms with Crippen LogP contribution in [0.5, 0.6) is 0 Å². The maximum atomic E-state index is 13.0. The lowest BCUT2D eigenvalue weighted by Crippen LogP contribution is -2.39. The molecular formula is C18H26ClFN2O. The lowest BCUT2D eigenvalue weighted by atomic mass is 9.84. The van der Waals surface area contributed by atoms with Crippen LogP contribution in [0.3, 0.4) is 0 Å². The Labute approximate surface area is 143 Å². The molecule has 1 atom stereocenters. The fraction of sp³-hybridized carbons (Fsp3) is 0.611. The Bertz CT molecular complexity index is 553. The molecule has 2 N–H and O–H groups in total. The molecule has 1 amide bonds. The van der Waals surface area contributed by atoms with Crippen molar-refractivity contribution in [3.63, 3.8) is 0 Å². The Kier molecular flexibility index (Phi) is 5.37. The lowest BCUT2D eigenvalue weighted by Gasteiger charge is -2.27. The van der Waals surface area contributed by atoms with Crippen molar-refractivity contribution in [2.24, 2.45) is 11.3 Å². The van der Waals surface area contributed by atoms with Gasteiger partial charge in [-0.15, -0.1) is 12.4 Å². The van der Waals surface area contributed by atoms with Crippen LogP contribution < -0.4 is 10.6 Å². The van der Waals surface area contributed by atoms with Gasteiger partial charge in [-0.2, -0.15) is 0 Å². The van der Waals surface area contributed by atoms with Gasteiger partial charge in [-0.25, -0.2) is 4.39 Å². The molecular weight excluding hydrogens is 315 g/mol. The van der Waals surface area contributed by atoms with E-state index in [1.54, 1.807) is 12.1 Å². The molecule has 2 fully saturated rings. The van der Waals surface area contributed by atoms with Crippen molar-refractivity contribution in [1.82, 2.24) is 10.6 Å². The molecule has 0 bridgehead atoms. The maximum absolute atomic E-state index is 13.0. The van der Waals surface area contributed by atoms with Gasteiger partial charge >= 0.3 is 0 Å². The van der Waals surface area contributed by atoms with Crippen molar-refractivity contribution in [2.45, 2.75) is 38.5 Å². The maximum Gasteiger partial charge on any atom is 0.223 e. The molecule has 1 spiro atoms. The van der Waals surface area contributed by atoms with Crippen molar-refractivity contribution in [1.29, 1.82) is 0 Å². The Balaban J connectivity index is 0.00000192. The van der Waals surface area contributed by atoms with E-state index in [0.29, 0.717) is 6.54 Å². The van der Waals surface area contributed by atoms with E-state index < -0.39 is 0 Å². The number of rotatable bonds is 4. The summed E-state index contributed by atoms with van der Waals surface area (Å²) in [5, 5.41) is 6.48. The summed E-state index contributed by atoms with van der Waals surface area (Å²) in [4.78, 5) is 12.4. The van der Waals surface area contributed by atoms with Gasteiger partial charge in [0, 0.05) is 17.9 Å². The molecule has 1 aromatic carbocycles. The van der Waals surface area contributed by atoms with Crippen LogP contribution in [0.25, 0.3) is 0 Å². The molecule has 1 saturated heterocycles. The summed E-state index contributed by atoms with van der Waals surface area (Å²) in [7, 11) is 0. The molecule has 0 aromatic heterocycles. The third-order valence-electron chi connectivity index (χ3n) is 5.44. The molecule has 1 unspecified atom stereocenters. The summed E-state index contributed by atoms with van der Waals surface area (Å²) in [5.41, 5.74) is 1.12. The van der Waals surface area contributed by atoms with E-state index in [1.807, 2.05) is 0 Å². The summed E-state index contributed by atoms with van der Waals surface area (Å²) in [6.07, 6.45) is 3.27. The highest BCUT2D eigenvalue weighted by molar-refractivity contribution is 5.85. The zero-order valence-electron chi connectivity index (χ0n) is 13.8. The third kappa shape index (κ3) is 3.86. The highest BCUT2D eigenvalue weighted by Gasteiger charge is 2.57. The monoisotopic (exact) mass is 340 g/mol. The highest BCUT2D eigenvalue weighted by Crippen LogP contribution is 2.58. The molecule has 1 saturated carbocycles. The van der Waals surface area contributed by atoms with Gasteiger partial charge in [-0.3, -0.25) is 4.79 Å². The van der Waals surface area contributed by atoms with E-state index in [9.17, 15) is 9.18 Å². The minimum absolute atomic E-state index is 0. The van der Waals surface area contributed by atoms with Gasteiger partial charge in [0.25, 0.3) is 0 Å². The van der Waals surface area contributed by atoms with Crippen molar-refractivity contribution in [3.05, 3.63) is 35.6 Å². The van der Waals surface area contributed by atoms with E-state index in [4.69, 9.17) is 0 Å². The van der Waals surface area contributed by atoms with Gasteiger partial charge in [-0.1, -0.05) is 26.0 Å². The SMILES string of the molecule is CC(C)(CNC(=O)C1CC12CCNCC2)c1ccc(F)cc1.Cl. The van der Waals surface area contributed by atoms with Gasteiger partial charge in [0.15, 0.2) is 0 Å². The molecule has 1 aliphatic heterocycles. The Morgan fingerprint density at radius 1 is 1.30 bits per heavy atom. The van der Waals surface area contributed by atoms with Gasteiger partial charge in [0.1, 0.15) is 5.82 Å². The van der Waals surface area contributed by atoms with E-state index >= 15 is 0 Å². The molecule has 3 nitrogen and oxygen atoms in total. The van der Waals surface area contributed by atoms with Gasteiger partial charge in [-0.05, 0) is 55.5 Å². The largest absolute Gasteiger partial charge is 0.355 e. The summed E-state index contributed by atoms with van der Waals surface area (Å²) in [5.74, 6) is 0.158. The fourth-order valence-corrected chi connectivity index (χ4v) is 3.63. The molecule has 1 heterocycles. The zero-order chi connectivity index (χ0) is 15.8. The number of carbonyl (C=O) groups excluding carboxylic acids is 1. The van der Waals surface area contributed by atoms with Crippen molar-refractivity contribution >= 4 is 18.3 Å². The number of benzene rings is 1. The summed E-state index contributed by atoms with van der Waals surface area (Å²) >= 11 is 0. The first-order valence-electron chi connectivity index (χ1n) is 8.17. The van der Waals surface area contributed by atoms with Gasteiger partial charge in [0.2, 0.25) is 5.91 Å². The van der Waals surface area contributed by atoms with Crippen LogP contribution in [-0.4, -0.2) is 25.5 Å². The molecule has 5 heteroatoms. The molecule has 0 radical (unpaired) electrons. The Morgan fingerprint density at radius 3 is 2.52 bits per heavy atom. The average Bonchev–Trinajstić information content (AvgIpc) is 3.19. The van der Waals surface area contributed by atoms with E-state index in [-0.39, 0.29) is 40.9 Å². The number of carbonyl (C=O) groups is 1. The second kappa shape index (κ2) is 6.78. The molecule has 128 valence electrons. The van der Waals surface area contributed by atoms with E-state index in [1.165, 1.54) is 12.1 Å². The average molecular weight is 341 g/mol. The second-order valence-electron chi connectivity index (χ2n) is 7.48. The number of amides is 1. The highest BCUT2D eigenvalue weighted by atomic mass is 35.5. The molecule has 2 aliphatic rings. The van der Waals surface area contributed by atoms with Crippen molar-refractivity contribution < 1.29 is 9.18 Å². The van der Waals surface area contributed by atoms with E-state index in [0.717, 1.165) is 37.9 Å². The smallest absolute Gasteiger partial charge is 0.223 e. The lowest BCUT2D eigenvalue weighted by molar-refractivity contribution is -0.123. The molecule has 23 heavy (non-hydrogen) atoms. The predicted octanol–water partition coefficient (Wildman–Crippen LogP) is 3.03. The number of hydrogen-bond acceptors (Lipinski definition) is 2. The first-order chi connectivity index (χ1) is 10.4. The van der Waals surface area contributed by atoms with Crippen LogP contribution >= 0.6 is 12.4 Å². The Morgan fingerprint density at radius 2 is 1.91 bits per heavy atom. The fourth-order valence-electron chi connectivity index (χ4n) is 3.63. The zero-order valence-corrected chi connectivity index (χ0v) is 14.6. The molecule has 1 aliphatic carbocycles. The molecule has 1 aromatic rings. The van der Waals surface area contributed by atoms with Crippen LogP contribution in [0.15, 0.2) is 24.3 Å². The van der Waals surface area contributed by atoms with Crippen LogP contribution in [-0.2, 0) is 10.2 Å². The van der Waals surface area contributed by atoms with Crippen molar-refractivity contribution in [3.8, 4) is 0 Å². The quantitative estimate of drug-likeness (QED) is 0.884. The number of nitrogens with one attached hydrogen (secondary N) is 2. The Hall–Kier alpha value is -1.13. The topological polar surface area (TPSA) is 41.1 Å². The van der Waals surface area contributed by atoms with Crippen LogP contribution in [0.4, 0.5) is 4.39 Å². The minimum atomic E-state index is -0.227. The standard InChI is InChI=1S/C18H25FN2O.ClH/c1-17(2,13-3-5-14(19)6-4-13)12-21-16(22)15-11-18(15)7-9-20-10-8-18;/h3-6,15,20H,7-12H2,1-2H3,(H,21,22);1H. The predicted molar refractivity (Wildman–Crippen MR) is 92.3 cm³/mol. The summed E-state index contributed by atoms with van der Waals surface area (Å²) < 4.78 is 13.0. The minimum Gasteiger partial charge on any atom is -0.355 e. The number of hydrogen-bond donors (Lipinski definition) is 2. The van der Waals surface area contributed by atoms with Crippen molar-refractivity contribution in [2.75, 3.05) is 19.6 Å². The van der Waals surface area contributed by atoms with Gasteiger partial charge < -0.3 is 10.6 Å². The normalized spacial score (nSPS) is 22.3. The molecule has 3 rings (SSSR count). The van der Waals surface area contributed by atoms with Gasteiger partial charge in [0.05, 0.1) is 0 Å². The third-order valence-corrected chi connectivity index (χ3v) is 5.44. The number of halogens is 2. The van der Waals surface area contributed by atoms with E-state index in [2.05, 4.69) is 24.5 Å².